The van der Waals surface area contributed by atoms with E-state index >= 15 is 0 Å². The SMILES string of the molecule is O=C(Oc1ncc(O)cn1)c1ccccc1. The van der Waals surface area contributed by atoms with Gasteiger partial charge in [0.2, 0.25) is 0 Å². The van der Waals surface area contributed by atoms with Crippen LogP contribution < -0.4 is 4.74 Å². The number of carbonyl (C=O) groups excluding carboxylic acids is 1. The Labute approximate surface area is 91.4 Å². The van der Waals surface area contributed by atoms with E-state index in [2.05, 4.69) is 9.97 Å². The average Bonchev–Trinajstić information content (AvgIpc) is 2.33. The fourth-order valence-electron chi connectivity index (χ4n) is 1.08. The van der Waals surface area contributed by atoms with E-state index < -0.39 is 5.97 Å². The first-order valence-electron chi connectivity index (χ1n) is 4.54. The third kappa shape index (κ3) is 2.33. The first kappa shape index (κ1) is 10.1. The molecule has 2 rings (SSSR count). The number of esters is 1. The summed E-state index contributed by atoms with van der Waals surface area (Å²) in [7, 11) is 0. The van der Waals surface area contributed by atoms with Crippen LogP contribution in [0, 0.1) is 0 Å². The largest absolute Gasteiger partial charge is 0.505 e. The van der Waals surface area contributed by atoms with Crippen LogP contribution in [0.1, 0.15) is 10.4 Å². The van der Waals surface area contributed by atoms with Gasteiger partial charge in [0.15, 0.2) is 5.75 Å². The van der Waals surface area contributed by atoms with Gasteiger partial charge in [-0.05, 0) is 12.1 Å². The molecule has 0 amide bonds. The number of aromatic hydroxyl groups is 1. The van der Waals surface area contributed by atoms with Crippen LogP contribution in [0.3, 0.4) is 0 Å². The molecule has 0 unspecified atom stereocenters. The summed E-state index contributed by atoms with van der Waals surface area (Å²) in [5, 5.41) is 8.94. The van der Waals surface area contributed by atoms with E-state index in [-0.39, 0.29) is 11.8 Å². The number of nitrogens with zero attached hydrogens (tertiary/aromatic N) is 2. The molecule has 0 aliphatic carbocycles. The first-order chi connectivity index (χ1) is 7.75. The molecular formula is C11H8N2O3. The molecule has 0 radical (unpaired) electrons. The van der Waals surface area contributed by atoms with Crippen LogP contribution in [-0.2, 0) is 0 Å². The lowest BCUT2D eigenvalue weighted by Crippen LogP contribution is -2.10. The predicted molar refractivity (Wildman–Crippen MR) is 55.1 cm³/mol. The van der Waals surface area contributed by atoms with Crippen molar-refractivity contribution in [1.29, 1.82) is 0 Å². The van der Waals surface area contributed by atoms with Crippen molar-refractivity contribution in [2.75, 3.05) is 0 Å². The minimum absolute atomic E-state index is 0.0838. The van der Waals surface area contributed by atoms with Crippen LogP contribution in [0.15, 0.2) is 42.7 Å². The van der Waals surface area contributed by atoms with Crippen molar-refractivity contribution in [3.05, 3.63) is 48.3 Å². The maximum atomic E-state index is 11.5. The Kier molecular flexibility index (Phi) is 2.77. The van der Waals surface area contributed by atoms with E-state index in [1.54, 1.807) is 30.3 Å². The van der Waals surface area contributed by atoms with Gasteiger partial charge in [-0.3, -0.25) is 0 Å². The normalized spacial score (nSPS) is 9.75. The van der Waals surface area contributed by atoms with Crippen molar-refractivity contribution >= 4 is 5.97 Å². The van der Waals surface area contributed by atoms with Crippen LogP contribution in [0.4, 0.5) is 0 Å². The second-order valence-corrected chi connectivity index (χ2v) is 2.98. The maximum Gasteiger partial charge on any atom is 0.345 e. The molecule has 0 saturated carbocycles. The summed E-state index contributed by atoms with van der Waals surface area (Å²) in [6.45, 7) is 0. The molecule has 16 heavy (non-hydrogen) atoms. The van der Waals surface area contributed by atoms with E-state index in [9.17, 15) is 4.79 Å². The van der Waals surface area contributed by atoms with Crippen LogP contribution in [0.2, 0.25) is 0 Å². The highest BCUT2D eigenvalue weighted by atomic mass is 16.5. The van der Waals surface area contributed by atoms with E-state index in [1.165, 1.54) is 0 Å². The van der Waals surface area contributed by atoms with Gasteiger partial charge < -0.3 is 9.84 Å². The summed E-state index contributed by atoms with van der Waals surface area (Å²) >= 11 is 0. The standard InChI is InChI=1S/C11H8N2O3/c14-9-6-12-11(13-7-9)16-10(15)8-4-2-1-3-5-8/h1-7,14H. The lowest BCUT2D eigenvalue weighted by Gasteiger charge is -2.01. The number of benzene rings is 1. The Balaban J connectivity index is 2.11. The topological polar surface area (TPSA) is 72.3 Å². The van der Waals surface area contributed by atoms with Gasteiger partial charge in [-0.1, -0.05) is 18.2 Å². The molecule has 0 saturated heterocycles. The first-order valence-corrected chi connectivity index (χ1v) is 4.54. The molecule has 0 aliphatic heterocycles. The summed E-state index contributed by atoms with van der Waals surface area (Å²) in [5.41, 5.74) is 0.416. The Morgan fingerprint density at radius 3 is 2.38 bits per heavy atom. The minimum Gasteiger partial charge on any atom is -0.505 e. The third-order valence-electron chi connectivity index (χ3n) is 1.81. The van der Waals surface area contributed by atoms with E-state index in [1.807, 2.05) is 0 Å². The van der Waals surface area contributed by atoms with E-state index in [0.29, 0.717) is 5.56 Å². The van der Waals surface area contributed by atoms with Gasteiger partial charge in [0.25, 0.3) is 0 Å². The van der Waals surface area contributed by atoms with E-state index in [4.69, 9.17) is 9.84 Å². The zero-order valence-corrected chi connectivity index (χ0v) is 8.20. The quantitative estimate of drug-likeness (QED) is 0.768. The monoisotopic (exact) mass is 216 g/mol. The molecule has 0 atom stereocenters. The number of rotatable bonds is 2. The second-order valence-electron chi connectivity index (χ2n) is 2.98. The smallest absolute Gasteiger partial charge is 0.345 e. The highest BCUT2D eigenvalue weighted by Gasteiger charge is 2.09. The van der Waals surface area contributed by atoms with Crippen LogP contribution in [0.5, 0.6) is 11.8 Å². The molecule has 1 aromatic heterocycles. The van der Waals surface area contributed by atoms with Gasteiger partial charge in [-0.2, -0.15) is 9.97 Å². The van der Waals surface area contributed by atoms with Crippen LogP contribution >= 0.6 is 0 Å². The third-order valence-corrected chi connectivity index (χ3v) is 1.81. The highest BCUT2D eigenvalue weighted by Crippen LogP contribution is 2.09. The van der Waals surface area contributed by atoms with Gasteiger partial charge in [0.1, 0.15) is 0 Å². The molecular weight excluding hydrogens is 208 g/mol. The van der Waals surface area contributed by atoms with Gasteiger partial charge in [0.05, 0.1) is 18.0 Å². The molecule has 5 heteroatoms. The molecule has 0 fully saturated rings. The number of hydrogen-bond acceptors (Lipinski definition) is 5. The molecule has 1 aromatic carbocycles. The van der Waals surface area contributed by atoms with Gasteiger partial charge in [-0.15, -0.1) is 0 Å². The fourth-order valence-corrected chi connectivity index (χ4v) is 1.08. The Morgan fingerprint density at radius 1 is 1.12 bits per heavy atom. The number of hydrogen-bond donors (Lipinski definition) is 1. The lowest BCUT2D eigenvalue weighted by molar-refractivity contribution is 0.0719. The van der Waals surface area contributed by atoms with Crippen molar-refractivity contribution in [3.8, 4) is 11.8 Å². The van der Waals surface area contributed by atoms with Gasteiger partial charge in [0, 0.05) is 0 Å². The molecule has 80 valence electrons. The van der Waals surface area contributed by atoms with Crippen molar-refractivity contribution in [3.63, 3.8) is 0 Å². The summed E-state index contributed by atoms with van der Waals surface area (Å²) < 4.78 is 4.88. The Bertz CT molecular complexity index is 482. The summed E-state index contributed by atoms with van der Waals surface area (Å²) in [6, 6.07) is 8.42. The van der Waals surface area contributed by atoms with Crippen LogP contribution in [0.25, 0.3) is 0 Å². The summed E-state index contributed by atoms with van der Waals surface area (Å²) in [5.74, 6) is -0.620. The van der Waals surface area contributed by atoms with Gasteiger partial charge >= 0.3 is 12.0 Å². The molecule has 2 aromatic rings. The van der Waals surface area contributed by atoms with Crippen molar-refractivity contribution in [2.45, 2.75) is 0 Å². The molecule has 1 heterocycles. The maximum absolute atomic E-state index is 11.5. The highest BCUT2D eigenvalue weighted by molar-refractivity contribution is 5.90. The summed E-state index contributed by atoms with van der Waals surface area (Å²) in [4.78, 5) is 18.8. The van der Waals surface area contributed by atoms with Gasteiger partial charge in [-0.25, -0.2) is 4.79 Å². The molecule has 1 N–H and O–H groups in total. The lowest BCUT2D eigenvalue weighted by atomic mass is 10.2. The fraction of sp³-hybridized carbons (Fsp3) is 0. The van der Waals surface area contributed by atoms with Crippen LogP contribution in [-0.4, -0.2) is 21.0 Å². The Morgan fingerprint density at radius 2 is 1.75 bits per heavy atom. The number of carbonyl (C=O) groups is 1. The predicted octanol–water partition coefficient (Wildman–Crippen LogP) is 1.40. The summed E-state index contributed by atoms with van der Waals surface area (Å²) in [6.07, 6.45) is 2.31. The molecule has 0 bridgehead atoms. The molecule has 5 nitrogen and oxygen atoms in total. The van der Waals surface area contributed by atoms with E-state index in [0.717, 1.165) is 12.4 Å². The molecule has 0 aliphatic rings. The molecule has 0 spiro atoms. The number of aromatic nitrogens is 2. The number of ether oxygens (including phenoxy) is 1. The van der Waals surface area contributed by atoms with Crippen molar-refractivity contribution in [1.82, 2.24) is 9.97 Å². The minimum atomic E-state index is -0.536. The second kappa shape index (κ2) is 4.39. The average molecular weight is 216 g/mol. The Hall–Kier alpha value is -2.43. The van der Waals surface area contributed by atoms with Crippen molar-refractivity contribution < 1.29 is 14.6 Å². The zero-order valence-electron chi connectivity index (χ0n) is 8.20. The van der Waals surface area contributed by atoms with Crippen molar-refractivity contribution in [2.24, 2.45) is 0 Å². The zero-order chi connectivity index (χ0) is 11.4.